The molecule has 0 aromatic carbocycles. The van der Waals surface area contributed by atoms with Crippen molar-refractivity contribution in [2.45, 2.75) is 52.6 Å². The van der Waals surface area contributed by atoms with Crippen LogP contribution in [0.4, 0.5) is 0 Å². The molecule has 2 rings (SSSR count). The van der Waals surface area contributed by atoms with Crippen LogP contribution in [0.5, 0.6) is 0 Å². The number of nitrogens with zero attached hydrogens (tertiary/aromatic N) is 3. The highest BCUT2D eigenvalue weighted by molar-refractivity contribution is 4.79. The van der Waals surface area contributed by atoms with E-state index in [4.69, 9.17) is 0 Å². The van der Waals surface area contributed by atoms with E-state index in [-0.39, 0.29) is 0 Å². The summed E-state index contributed by atoms with van der Waals surface area (Å²) in [6, 6.07) is 1.34. The maximum Gasteiger partial charge on any atom is 0.0110 e. The number of piperazine rings is 1. The second-order valence-electron chi connectivity index (χ2n) is 7.82. The molecule has 2 aliphatic heterocycles. The molecule has 0 bridgehead atoms. The summed E-state index contributed by atoms with van der Waals surface area (Å²) in [7, 11) is 0. The minimum absolute atomic E-state index is 0.609. The number of piperidine rings is 1. The second-order valence-corrected chi connectivity index (χ2v) is 7.82. The van der Waals surface area contributed by atoms with Crippen molar-refractivity contribution in [2.75, 3.05) is 58.9 Å². The first-order valence-electron chi connectivity index (χ1n) is 9.46. The summed E-state index contributed by atoms with van der Waals surface area (Å²) in [5.41, 5.74) is 0. The third-order valence-electron chi connectivity index (χ3n) is 5.34. The highest BCUT2D eigenvalue weighted by atomic mass is 15.3. The summed E-state index contributed by atoms with van der Waals surface area (Å²) in [6.07, 6.45) is 2.80. The summed E-state index contributed by atoms with van der Waals surface area (Å²) < 4.78 is 0. The molecule has 1 N–H and O–H groups in total. The number of likely N-dealkylation sites (tertiary alicyclic amines) is 1. The number of hydrogen-bond acceptors (Lipinski definition) is 4. The summed E-state index contributed by atoms with van der Waals surface area (Å²) >= 11 is 0. The van der Waals surface area contributed by atoms with Crippen molar-refractivity contribution in [1.29, 1.82) is 0 Å². The van der Waals surface area contributed by atoms with Gasteiger partial charge < -0.3 is 15.1 Å². The molecule has 0 atom stereocenters. The van der Waals surface area contributed by atoms with E-state index < -0.39 is 0 Å². The Morgan fingerprint density at radius 2 is 1.45 bits per heavy atom. The second kappa shape index (κ2) is 9.21. The van der Waals surface area contributed by atoms with Crippen molar-refractivity contribution in [3.63, 3.8) is 0 Å². The standard InChI is InChI=1S/C18H38N4/c1-16(2)19-7-10-20-11-13-21(14-12-20)15-18-5-8-22(9-6-18)17(3)4/h16-19H,5-15H2,1-4H3. The fourth-order valence-corrected chi connectivity index (χ4v) is 3.72. The van der Waals surface area contributed by atoms with Gasteiger partial charge in [0, 0.05) is 57.9 Å². The molecule has 0 saturated carbocycles. The SMILES string of the molecule is CC(C)NCCN1CCN(CC2CCN(C(C)C)CC2)CC1. The predicted molar refractivity (Wildman–Crippen MR) is 95.5 cm³/mol. The van der Waals surface area contributed by atoms with Crippen LogP contribution < -0.4 is 5.32 Å². The highest BCUT2D eigenvalue weighted by Gasteiger charge is 2.24. The summed E-state index contributed by atoms with van der Waals surface area (Å²) in [5.74, 6) is 0.934. The molecule has 4 nitrogen and oxygen atoms in total. The summed E-state index contributed by atoms with van der Waals surface area (Å²) in [4.78, 5) is 7.96. The number of rotatable bonds is 7. The van der Waals surface area contributed by atoms with Gasteiger partial charge in [0.1, 0.15) is 0 Å². The molecular formula is C18H38N4. The van der Waals surface area contributed by atoms with Crippen LogP contribution in [0, 0.1) is 5.92 Å². The van der Waals surface area contributed by atoms with Gasteiger partial charge >= 0.3 is 0 Å². The monoisotopic (exact) mass is 310 g/mol. The van der Waals surface area contributed by atoms with Gasteiger partial charge in [0.15, 0.2) is 0 Å². The number of nitrogens with one attached hydrogen (secondary N) is 1. The van der Waals surface area contributed by atoms with Crippen LogP contribution in [0.25, 0.3) is 0 Å². The highest BCUT2D eigenvalue weighted by Crippen LogP contribution is 2.20. The molecule has 130 valence electrons. The Bertz CT molecular complexity index is 289. The zero-order chi connectivity index (χ0) is 15.9. The zero-order valence-corrected chi connectivity index (χ0v) is 15.4. The Hall–Kier alpha value is -0.160. The lowest BCUT2D eigenvalue weighted by atomic mass is 9.95. The van der Waals surface area contributed by atoms with Crippen LogP contribution >= 0.6 is 0 Å². The minimum atomic E-state index is 0.609. The average Bonchev–Trinajstić information content (AvgIpc) is 2.49. The molecular weight excluding hydrogens is 272 g/mol. The smallest absolute Gasteiger partial charge is 0.0110 e. The topological polar surface area (TPSA) is 21.8 Å². The molecule has 0 aromatic rings. The quantitative estimate of drug-likeness (QED) is 0.773. The first-order chi connectivity index (χ1) is 10.5. The Morgan fingerprint density at radius 1 is 0.864 bits per heavy atom. The normalized spacial score (nSPS) is 23.7. The van der Waals surface area contributed by atoms with Gasteiger partial charge in [0.05, 0.1) is 0 Å². The van der Waals surface area contributed by atoms with Crippen molar-refractivity contribution in [1.82, 2.24) is 20.0 Å². The summed E-state index contributed by atoms with van der Waals surface area (Å²) in [5, 5.41) is 3.52. The fourth-order valence-electron chi connectivity index (χ4n) is 3.72. The molecule has 2 fully saturated rings. The van der Waals surface area contributed by atoms with Crippen LogP contribution in [-0.2, 0) is 0 Å². The molecule has 0 unspecified atom stereocenters. The van der Waals surface area contributed by atoms with E-state index in [0.29, 0.717) is 6.04 Å². The van der Waals surface area contributed by atoms with E-state index in [1.807, 2.05) is 0 Å². The molecule has 0 spiro atoms. The first kappa shape index (κ1) is 18.2. The third-order valence-corrected chi connectivity index (χ3v) is 5.34. The van der Waals surface area contributed by atoms with Gasteiger partial charge in [-0.1, -0.05) is 13.8 Å². The molecule has 0 aromatic heterocycles. The largest absolute Gasteiger partial charge is 0.313 e. The van der Waals surface area contributed by atoms with Gasteiger partial charge in [-0.25, -0.2) is 0 Å². The maximum absolute atomic E-state index is 3.52. The number of hydrogen-bond donors (Lipinski definition) is 1. The van der Waals surface area contributed by atoms with Gasteiger partial charge in [-0.3, -0.25) is 4.90 Å². The molecule has 22 heavy (non-hydrogen) atoms. The van der Waals surface area contributed by atoms with Crippen molar-refractivity contribution in [2.24, 2.45) is 5.92 Å². The molecule has 0 aliphatic carbocycles. The van der Waals surface area contributed by atoms with Crippen molar-refractivity contribution >= 4 is 0 Å². The van der Waals surface area contributed by atoms with Gasteiger partial charge in [0.2, 0.25) is 0 Å². The van der Waals surface area contributed by atoms with Crippen molar-refractivity contribution < 1.29 is 0 Å². The van der Waals surface area contributed by atoms with E-state index in [9.17, 15) is 0 Å². The summed E-state index contributed by atoms with van der Waals surface area (Å²) in [6.45, 7) is 20.4. The Kier molecular flexibility index (Phi) is 7.61. The Morgan fingerprint density at radius 3 is 2.00 bits per heavy atom. The van der Waals surface area contributed by atoms with Crippen LogP contribution in [0.15, 0.2) is 0 Å². The average molecular weight is 311 g/mol. The van der Waals surface area contributed by atoms with Crippen LogP contribution in [0.2, 0.25) is 0 Å². The van der Waals surface area contributed by atoms with Crippen LogP contribution in [0.1, 0.15) is 40.5 Å². The van der Waals surface area contributed by atoms with Gasteiger partial charge in [0.25, 0.3) is 0 Å². The molecule has 2 heterocycles. The minimum Gasteiger partial charge on any atom is -0.313 e. The lowest BCUT2D eigenvalue weighted by molar-refractivity contribution is 0.0875. The van der Waals surface area contributed by atoms with Crippen LogP contribution in [-0.4, -0.2) is 85.7 Å². The lowest BCUT2D eigenvalue weighted by Gasteiger charge is -2.39. The first-order valence-corrected chi connectivity index (χ1v) is 9.46. The molecule has 2 aliphatic rings. The van der Waals surface area contributed by atoms with Gasteiger partial charge in [-0.05, 0) is 45.7 Å². The fraction of sp³-hybridized carbons (Fsp3) is 1.00. The van der Waals surface area contributed by atoms with E-state index in [0.717, 1.165) is 18.5 Å². The van der Waals surface area contributed by atoms with Crippen LogP contribution in [0.3, 0.4) is 0 Å². The van der Waals surface area contributed by atoms with E-state index in [1.165, 1.54) is 65.2 Å². The van der Waals surface area contributed by atoms with Crippen molar-refractivity contribution in [3.05, 3.63) is 0 Å². The third kappa shape index (κ3) is 6.15. The van der Waals surface area contributed by atoms with Gasteiger partial charge in [-0.15, -0.1) is 0 Å². The van der Waals surface area contributed by atoms with E-state index in [1.54, 1.807) is 0 Å². The predicted octanol–water partition coefficient (Wildman–Crippen LogP) is 1.72. The Balaban J connectivity index is 1.58. The van der Waals surface area contributed by atoms with Gasteiger partial charge in [-0.2, -0.15) is 0 Å². The maximum atomic E-state index is 3.52. The lowest BCUT2D eigenvalue weighted by Crippen LogP contribution is -2.50. The molecule has 0 radical (unpaired) electrons. The van der Waals surface area contributed by atoms with E-state index in [2.05, 4.69) is 47.7 Å². The van der Waals surface area contributed by atoms with Crippen molar-refractivity contribution in [3.8, 4) is 0 Å². The zero-order valence-electron chi connectivity index (χ0n) is 15.4. The van der Waals surface area contributed by atoms with E-state index >= 15 is 0 Å². The Labute approximate surface area is 138 Å². The molecule has 2 saturated heterocycles. The molecule has 4 heteroatoms. The molecule has 0 amide bonds.